The van der Waals surface area contributed by atoms with Crippen molar-refractivity contribution in [3.8, 4) is 17.2 Å². The van der Waals surface area contributed by atoms with Crippen LogP contribution in [0.15, 0.2) is 53.1 Å². The SMILES string of the molecule is Cc1oc(-c2ccccc2)nc1CCOc1ccc(C[C@@]2(C(=O)O)CCCO2)nc1. The minimum absolute atomic E-state index is 0.253. The Morgan fingerprint density at radius 1 is 1.23 bits per heavy atom. The molecule has 156 valence electrons. The molecule has 1 fully saturated rings. The standard InChI is InChI=1S/C23H24N2O5/c1-16-20(25-21(30-16)17-6-3-2-4-7-17)10-13-28-19-9-8-18(24-15-19)14-23(22(26)27)11-5-12-29-23/h2-4,6-9,15H,5,10-14H2,1H3,(H,26,27)/t23-/m1/s1. The van der Waals surface area contributed by atoms with Gasteiger partial charge in [0, 0.05) is 30.7 Å². The molecule has 0 spiro atoms. The summed E-state index contributed by atoms with van der Waals surface area (Å²) in [6.07, 6.45) is 3.74. The maximum Gasteiger partial charge on any atom is 0.336 e. The van der Waals surface area contributed by atoms with Gasteiger partial charge in [-0.25, -0.2) is 9.78 Å². The van der Waals surface area contributed by atoms with Gasteiger partial charge in [-0.3, -0.25) is 4.98 Å². The Labute approximate surface area is 174 Å². The predicted molar refractivity (Wildman–Crippen MR) is 109 cm³/mol. The third-order valence-electron chi connectivity index (χ3n) is 5.28. The molecule has 0 saturated carbocycles. The summed E-state index contributed by atoms with van der Waals surface area (Å²) in [6, 6.07) is 13.4. The molecule has 2 aromatic heterocycles. The third-order valence-corrected chi connectivity index (χ3v) is 5.28. The molecule has 30 heavy (non-hydrogen) atoms. The van der Waals surface area contributed by atoms with Crippen molar-refractivity contribution in [1.82, 2.24) is 9.97 Å². The van der Waals surface area contributed by atoms with Crippen LogP contribution in [0.2, 0.25) is 0 Å². The highest BCUT2D eigenvalue weighted by Crippen LogP contribution is 2.30. The van der Waals surface area contributed by atoms with Crippen molar-refractivity contribution in [2.75, 3.05) is 13.2 Å². The van der Waals surface area contributed by atoms with E-state index in [-0.39, 0.29) is 6.42 Å². The number of aromatic nitrogens is 2. The molecule has 1 N–H and O–H groups in total. The van der Waals surface area contributed by atoms with E-state index in [1.54, 1.807) is 18.3 Å². The quantitative estimate of drug-likeness (QED) is 0.605. The zero-order chi connectivity index (χ0) is 21.0. The molecule has 3 aromatic rings. The van der Waals surface area contributed by atoms with Crippen LogP contribution < -0.4 is 4.74 Å². The van der Waals surface area contributed by atoms with Gasteiger partial charge in [-0.2, -0.15) is 0 Å². The van der Waals surface area contributed by atoms with Crippen molar-refractivity contribution >= 4 is 5.97 Å². The molecule has 1 atom stereocenters. The first-order valence-electron chi connectivity index (χ1n) is 10.0. The van der Waals surface area contributed by atoms with Gasteiger partial charge in [0.15, 0.2) is 5.60 Å². The number of rotatable bonds is 8. The average Bonchev–Trinajstić information content (AvgIpc) is 3.38. The van der Waals surface area contributed by atoms with Crippen molar-refractivity contribution < 1.29 is 23.8 Å². The molecule has 1 aromatic carbocycles. The van der Waals surface area contributed by atoms with Gasteiger partial charge in [-0.05, 0) is 44.0 Å². The van der Waals surface area contributed by atoms with Crippen molar-refractivity contribution in [3.05, 3.63) is 65.8 Å². The largest absolute Gasteiger partial charge is 0.492 e. The second-order valence-corrected chi connectivity index (χ2v) is 7.40. The predicted octanol–water partition coefficient (Wildman–Crippen LogP) is 3.84. The molecule has 1 aliphatic rings. The monoisotopic (exact) mass is 408 g/mol. The number of pyridine rings is 1. The van der Waals surface area contributed by atoms with Crippen LogP contribution in [0.1, 0.15) is 30.0 Å². The van der Waals surface area contributed by atoms with E-state index in [0.717, 1.165) is 23.4 Å². The van der Waals surface area contributed by atoms with Gasteiger partial charge in [-0.15, -0.1) is 0 Å². The molecule has 4 rings (SSSR count). The first kappa shape index (κ1) is 20.1. The van der Waals surface area contributed by atoms with E-state index in [0.29, 0.717) is 43.4 Å². The average molecular weight is 408 g/mol. The molecule has 0 bridgehead atoms. The summed E-state index contributed by atoms with van der Waals surface area (Å²) in [5, 5.41) is 9.51. The van der Waals surface area contributed by atoms with Gasteiger partial charge in [-0.1, -0.05) is 18.2 Å². The summed E-state index contributed by atoms with van der Waals surface area (Å²) in [4.78, 5) is 20.5. The number of aliphatic carboxylic acids is 1. The Morgan fingerprint density at radius 2 is 2.07 bits per heavy atom. The number of nitrogens with zero attached hydrogens (tertiary/aromatic N) is 2. The molecule has 3 heterocycles. The molecule has 0 unspecified atom stereocenters. The van der Waals surface area contributed by atoms with Gasteiger partial charge in [0.25, 0.3) is 0 Å². The Bertz CT molecular complexity index is 992. The molecule has 0 radical (unpaired) electrons. The van der Waals surface area contributed by atoms with Crippen molar-refractivity contribution in [2.45, 2.75) is 38.2 Å². The fourth-order valence-corrected chi connectivity index (χ4v) is 3.60. The fourth-order valence-electron chi connectivity index (χ4n) is 3.60. The summed E-state index contributed by atoms with van der Waals surface area (Å²) < 4.78 is 17.1. The fraction of sp³-hybridized carbons (Fsp3) is 0.348. The van der Waals surface area contributed by atoms with E-state index in [9.17, 15) is 9.90 Å². The van der Waals surface area contributed by atoms with Gasteiger partial charge < -0.3 is 19.0 Å². The van der Waals surface area contributed by atoms with Crippen molar-refractivity contribution in [3.63, 3.8) is 0 Å². The lowest BCUT2D eigenvalue weighted by Crippen LogP contribution is -2.40. The molecular weight excluding hydrogens is 384 g/mol. The van der Waals surface area contributed by atoms with Gasteiger partial charge >= 0.3 is 5.97 Å². The number of oxazole rings is 1. The number of carboxylic acid groups (broad SMARTS) is 1. The minimum atomic E-state index is -1.16. The van der Waals surface area contributed by atoms with Crippen molar-refractivity contribution in [1.29, 1.82) is 0 Å². The van der Waals surface area contributed by atoms with Gasteiger partial charge in [0.2, 0.25) is 5.89 Å². The van der Waals surface area contributed by atoms with Crippen molar-refractivity contribution in [2.24, 2.45) is 0 Å². The number of hydrogen-bond acceptors (Lipinski definition) is 6. The number of benzene rings is 1. The highest BCUT2D eigenvalue weighted by molar-refractivity contribution is 5.78. The third kappa shape index (κ3) is 4.36. The second kappa shape index (κ2) is 8.67. The number of carboxylic acids is 1. The van der Waals surface area contributed by atoms with Crippen LogP contribution in [0, 0.1) is 6.92 Å². The maximum absolute atomic E-state index is 11.6. The summed E-state index contributed by atoms with van der Waals surface area (Å²) in [6.45, 7) is 2.81. The van der Waals surface area contributed by atoms with E-state index in [1.807, 2.05) is 37.3 Å². The summed E-state index contributed by atoms with van der Waals surface area (Å²) in [5.41, 5.74) is 1.32. The lowest BCUT2D eigenvalue weighted by Gasteiger charge is -2.22. The molecule has 1 aliphatic heterocycles. The molecule has 0 amide bonds. The van der Waals surface area contributed by atoms with E-state index >= 15 is 0 Å². The normalized spacial score (nSPS) is 18.4. The van der Waals surface area contributed by atoms with E-state index < -0.39 is 11.6 Å². The first-order chi connectivity index (χ1) is 14.6. The smallest absolute Gasteiger partial charge is 0.336 e. The number of hydrogen-bond donors (Lipinski definition) is 1. The number of aryl methyl sites for hydroxylation is 1. The highest BCUT2D eigenvalue weighted by atomic mass is 16.5. The number of ether oxygens (including phenoxy) is 2. The Morgan fingerprint density at radius 3 is 2.73 bits per heavy atom. The minimum Gasteiger partial charge on any atom is -0.492 e. The lowest BCUT2D eigenvalue weighted by atomic mass is 9.94. The Balaban J connectivity index is 1.33. The van der Waals surface area contributed by atoms with E-state index in [1.165, 1.54) is 0 Å². The van der Waals surface area contributed by atoms with E-state index in [2.05, 4.69) is 9.97 Å². The van der Waals surface area contributed by atoms with Gasteiger partial charge in [0.05, 0.1) is 18.5 Å². The molecule has 7 heteroatoms. The molecule has 7 nitrogen and oxygen atoms in total. The maximum atomic E-state index is 11.6. The summed E-state index contributed by atoms with van der Waals surface area (Å²) >= 11 is 0. The van der Waals surface area contributed by atoms with Crippen LogP contribution in [0.4, 0.5) is 0 Å². The van der Waals surface area contributed by atoms with E-state index in [4.69, 9.17) is 13.9 Å². The zero-order valence-corrected chi connectivity index (χ0v) is 16.8. The molecule has 0 aliphatic carbocycles. The Hall–Kier alpha value is -3.19. The number of carbonyl (C=O) groups is 1. The summed E-state index contributed by atoms with van der Waals surface area (Å²) in [7, 11) is 0. The molecular formula is C23H24N2O5. The molecule has 1 saturated heterocycles. The Kier molecular flexibility index (Phi) is 5.81. The van der Waals surface area contributed by atoms with Crippen LogP contribution in [0.5, 0.6) is 5.75 Å². The van der Waals surface area contributed by atoms with Gasteiger partial charge in [0.1, 0.15) is 11.5 Å². The lowest BCUT2D eigenvalue weighted by molar-refractivity contribution is -0.160. The summed E-state index contributed by atoms with van der Waals surface area (Å²) in [5.74, 6) is 1.08. The first-order valence-corrected chi connectivity index (χ1v) is 10.0. The zero-order valence-electron chi connectivity index (χ0n) is 16.8. The van der Waals surface area contributed by atoms with Crippen LogP contribution in [-0.4, -0.2) is 39.9 Å². The topological polar surface area (TPSA) is 94.7 Å². The van der Waals surface area contributed by atoms with Crippen LogP contribution >= 0.6 is 0 Å². The van der Waals surface area contributed by atoms with Crippen LogP contribution in [0.3, 0.4) is 0 Å². The second-order valence-electron chi connectivity index (χ2n) is 7.40. The van der Waals surface area contributed by atoms with Crippen LogP contribution in [-0.2, 0) is 22.4 Å². The highest BCUT2D eigenvalue weighted by Gasteiger charge is 2.43. The van der Waals surface area contributed by atoms with Crippen LogP contribution in [0.25, 0.3) is 11.5 Å².